The van der Waals surface area contributed by atoms with Crippen molar-refractivity contribution in [3.05, 3.63) is 40.3 Å². The Morgan fingerprint density at radius 2 is 2.22 bits per heavy atom. The SMILES string of the molecule is Cc1ncc(CNS(=O)(=O)c2cccc(N)c2)s1. The molecule has 0 bridgehead atoms. The maximum absolute atomic E-state index is 12.0. The van der Waals surface area contributed by atoms with E-state index in [2.05, 4.69) is 9.71 Å². The highest BCUT2D eigenvalue weighted by Gasteiger charge is 2.14. The van der Waals surface area contributed by atoms with E-state index in [9.17, 15) is 8.42 Å². The summed E-state index contributed by atoms with van der Waals surface area (Å²) >= 11 is 1.46. The van der Waals surface area contributed by atoms with E-state index in [0.717, 1.165) is 9.88 Å². The monoisotopic (exact) mass is 283 g/mol. The molecule has 0 amide bonds. The standard InChI is InChI=1S/C11H13N3O2S2/c1-8-13-6-10(17-8)7-14-18(15,16)11-4-2-3-9(12)5-11/h2-6,14H,7,12H2,1H3. The molecule has 96 valence electrons. The van der Waals surface area contributed by atoms with Gasteiger partial charge in [-0.05, 0) is 25.1 Å². The van der Waals surface area contributed by atoms with Crippen molar-refractivity contribution in [3.63, 3.8) is 0 Å². The summed E-state index contributed by atoms with van der Waals surface area (Å²) in [5, 5.41) is 0.910. The lowest BCUT2D eigenvalue weighted by atomic mass is 10.3. The number of rotatable bonds is 4. The molecule has 3 N–H and O–H groups in total. The Balaban J connectivity index is 2.13. The molecule has 1 heterocycles. The topological polar surface area (TPSA) is 85.1 Å². The smallest absolute Gasteiger partial charge is 0.240 e. The number of nitrogens with zero attached hydrogens (tertiary/aromatic N) is 1. The number of hydrogen-bond donors (Lipinski definition) is 2. The van der Waals surface area contributed by atoms with Gasteiger partial charge in [-0.25, -0.2) is 18.1 Å². The minimum absolute atomic E-state index is 0.170. The summed E-state index contributed by atoms with van der Waals surface area (Å²) < 4.78 is 26.5. The van der Waals surface area contributed by atoms with Crippen LogP contribution in [0.4, 0.5) is 5.69 Å². The van der Waals surface area contributed by atoms with Crippen molar-refractivity contribution < 1.29 is 8.42 Å². The van der Waals surface area contributed by atoms with Gasteiger partial charge in [-0.1, -0.05) is 6.07 Å². The van der Waals surface area contributed by atoms with Gasteiger partial charge >= 0.3 is 0 Å². The zero-order valence-corrected chi connectivity index (χ0v) is 11.4. The van der Waals surface area contributed by atoms with Crippen LogP contribution in [0.2, 0.25) is 0 Å². The second-order valence-corrected chi connectivity index (χ2v) is 6.83. The van der Waals surface area contributed by atoms with Crippen LogP contribution in [0.1, 0.15) is 9.88 Å². The van der Waals surface area contributed by atoms with Crippen molar-refractivity contribution in [1.82, 2.24) is 9.71 Å². The van der Waals surface area contributed by atoms with Gasteiger partial charge in [0.15, 0.2) is 0 Å². The van der Waals surface area contributed by atoms with Crippen molar-refractivity contribution in [3.8, 4) is 0 Å². The molecule has 0 atom stereocenters. The minimum Gasteiger partial charge on any atom is -0.399 e. The Bertz CT molecular complexity index is 650. The molecular formula is C11H13N3O2S2. The third-order valence-electron chi connectivity index (χ3n) is 2.27. The van der Waals surface area contributed by atoms with Crippen LogP contribution in [0.3, 0.4) is 0 Å². The Hall–Kier alpha value is -1.44. The van der Waals surface area contributed by atoms with E-state index in [1.54, 1.807) is 18.3 Å². The van der Waals surface area contributed by atoms with Crippen LogP contribution in [-0.2, 0) is 16.6 Å². The summed E-state index contributed by atoms with van der Waals surface area (Å²) in [6.07, 6.45) is 1.67. The number of nitrogens with one attached hydrogen (secondary N) is 1. The van der Waals surface area contributed by atoms with Crippen molar-refractivity contribution in [1.29, 1.82) is 0 Å². The first kappa shape index (κ1) is 13.0. The van der Waals surface area contributed by atoms with Gasteiger partial charge in [0.1, 0.15) is 0 Å². The fraction of sp³-hybridized carbons (Fsp3) is 0.182. The molecule has 0 saturated carbocycles. The van der Waals surface area contributed by atoms with E-state index in [0.29, 0.717) is 5.69 Å². The summed E-state index contributed by atoms with van der Waals surface area (Å²) in [6, 6.07) is 6.20. The van der Waals surface area contributed by atoms with Gasteiger partial charge in [-0.3, -0.25) is 0 Å². The van der Waals surface area contributed by atoms with E-state index in [1.165, 1.54) is 23.5 Å². The third kappa shape index (κ3) is 3.06. The van der Waals surface area contributed by atoms with Gasteiger partial charge < -0.3 is 5.73 Å². The lowest BCUT2D eigenvalue weighted by molar-refractivity contribution is 0.582. The van der Waals surface area contributed by atoms with Crippen LogP contribution in [0.5, 0.6) is 0 Å². The fourth-order valence-corrected chi connectivity index (χ4v) is 3.31. The predicted octanol–water partition coefficient (Wildman–Crippen LogP) is 1.51. The van der Waals surface area contributed by atoms with E-state index >= 15 is 0 Å². The summed E-state index contributed by atoms with van der Waals surface area (Å²) in [6.45, 7) is 2.11. The maximum atomic E-state index is 12.0. The van der Waals surface area contributed by atoms with Crippen LogP contribution >= 0.6 is 11.3 Å². The summed E-state index contributed by atoms with van der Waals surface area (Å²) in [4.78, 5) is 5.11. The number of aromatic nitrogens is 1. The molecule has 7 heteroatoms. The highest BCUT2D eigenvalue weighted by Crippen LogP contribution is 2.15. The van der Waals surface area contributed by atoms with Crippen LogP contribution < -0.4 is 10.5 Å². The molecule has 0 aliphatic rings. The van der Waals surface area contributed by atoms with Gasteiger partial charge in [0.2, 0.25) is 10.0 Å². The van der Waals surface area contributed by atoms with Crippen LogP contribution in [0, 0.1) is 6.92 Å². The first-order valence-corrected chi connectivity index (χ1v) is 7.54. The molecule has 2 rings (SSSR count). The minimum atomic E-state index is -3.52. The number of nitrogen functional groups attached to an aromatic ring is 1. The maximum Gasteiger partial charge on any atom is 0.240 e. The number of thiazole rings is 1. The zero-order chi connectivity index (χ0) is 13.2. The first-order chi connectivity index (χ1) is 8.47. The van der Waals surface area contributed by atoms with Gasteiger partial charge in [-0.2, -0.15) is 0 Å². The molecule has 18 heavy (non-hydrogen) atoms. The molecule has 1 aromatic heterocycles. The van der Waals surface area contributed by atoms with Crippen molar-refractivity contribution >= 4 is 27.0 Å². The molecule has 0 aliphatic heterocycles. The summed E-state index contributed by atoms with van der Waals surface area (Å²) in [7, 11) is -3.52. The van der Waals surface area contributed by atoms with Crippen molar-refractivity contribution in [2.45, 2.75) is 18.4 Å². The molecule has 0 spiro atoms. The lowest BCUT2D eigenvalue weighted by Crippen LogP contribution is -2.22. The molecule has 0 saturated heterocycles. The number of sulfonamides is 1. The number of nitrogens with two attached hydrogens (primary N) is 1. The number of hydrogen-bond acceptors (Lipinski definition) is 5. The van der Waals surface area contributed by atoms with Crippen LogP contribution in [-0.4, -0.2) is 13.4 Å². The van der Waals surface area contributed by atoms with Gasteiger partial charge in [-0.15, -0.1) is 11.3 Å². The van der Waals surface area contributed by atoms with Crippen molar-refractivity contribution in [2.24, 2.45) is 0 Å². The molecule has 5 nitrogen and oxygen atoms in total. The largest absolute Gasteiger partial charge is 0.399 e. The quantitative estimate of drug-likeness (QED) is 0.833. The second-order valence-electron chi connectivity index (χ2n) is 3.74. The van der Waals surface area contributed by atoms with E-state index in [1.807, 2.05) is 6.92 Å². The molecular weight excluding hydrogens is 270 g/mol. The second kappa shape index (κ2) is 5.05. The van der Waals surface area contributed by atoms with E-state index in [-0.39, 0.29) is 11.4 Å². The lowest BCUT2D eigenvalue weighted by Gasteiger charge is -2.05. The molecule has 1 aromatic carbocycles. The average Bonchev–Trinajstić information content (AvgIpc) is 2.73. The Labute approximate surface area is 110 Å². The van der Waals surface area contributed by atoms with Crippen LogP contribution in [0.15, 0.2) is 35.4 Å². The third-order valence-corrected chi connectivity index (χ3v) is 4.59. The number of benzene rings is 1. The summed E-state index contributed by atoms with van der Waals surface area (Å²) in [5.74, 6) is 0. The molecule has 0 radical (unpaired) electrons. The highest BCUT2D eigenvalue weighted by molar-refractivity contribution is 7.89. The first-order valence-electron chi connectivity index (χ1n) is 5.24. The summed E-state index contributed by atoms with van der Waals surface area (Å²) in [5.41, 5.74) is 5.99. The normalized spacial score (nSPS) is 11.6. The highest BCUT2D eigenvalue weighted by atomic mass is 32.2. The number of aryl methyl sites for hydroxylation is 1. The Morgan fingerprint density at radius 1 is 1.44 bits per heavy atom. The number of anilines is 1. The fourth-order valence-electron chi connectivity index (χ4n) is 1.42. The molecule has 2 aromatic rings. The zero-order valence-electron chi connectivity index (χ0n) is 9.75. The Morgan fingerprint density at radius 3 is 2.83 bits per heavy atom. The van der Waals surface area contributed by atoms with E-state index < -0.39 is 10.0 Å². The Kier molecular flexibility index (Phi) is 3.65. The van der Waals surface area contributed by atoms with Gasteiger partial charge in [0.25, 0.3) is 0 Å². The molecule has 0 unspecified atom stereocenters. The van der Waals surface area contributed by atoms with Gasteiger partial charge in [0, 0.05) is 23.3 Å². The molecule has 0 fully saturated rings. The van der Waals surface area contributed by atoms with Crippen LogP contribution in [0.25, 0.3) is 0 Å². The van der Waals surface area contributed by atoms with E-state index in [4.69, 9.17) is 5.73 Å². The predicted molar refractivity (Wildman–Crippen MR) is 71.7 cm³/mol. The van der Waals surface area contributed by atoms with Gasteiger partial charge in [0.05, 0.1) is 9.90 Å². The van der Waals surface area contributed by atoms with Crippen molar-refractivity contribution in [2.75, 3.05) is 5.73 Å². The molecule has 0 aliphatic carbocycles. The average molecular weight is 283 g/mol.